The van der Waals surface area contributed by atoms with Crippen molar-refractivity contribution in [1.29, 1.82) is 0 Å². The molecule has 0 bridgehead atoms. The van der Waals surface area contributed by atoms with Crippen molar-refractivity contribution in [3.63, 3.8) is 0 Å². The molecule has 7 heteroatoms. The van der Waals surface area contributed by atoms with E-state index in [1.165, 1.54) is 6.42 Å². The van der Waals surface area contributed by atoms with Crippen molar-refractivity contribution in [2.75, 3.05) is 6.54 Å². The van der Waals surface area contributed by atoms with Crippen molar-refractivity contribution >= 4 is 17.9 Å². The topological polar surface area (TPSA) is 87.7 Å². The SMILES string of the molecule is Cc1ccc(C)c(C(C(=O)NC2CCCCC2)N(C(=O)CNC(=O)OC(C)(C)C)C2CC2C)c1. The Hall–Kier alpha value is -2.57. The Bertz CT molecular complexity index is 902. The van der Waals surface area contributed by atoms with Crippen LogP contribution in [0.3, 0.4) is 0 Å². The minimum atomic E-state index is -0.732. The Balaban J connectivity index is 1.88. The van der Waals surface area contributed by atoms with E-state index in [4.69, 9.17) is 4.74 Å². The van der Waals surface area contributed by atoms with Crippen molar-refractivity contribution in [1.82, 2.24) is 15.5 Å². The van der Waals surface area contributed by atoms with Gasteiger partial charge in [0.1, 0.15) is 18.2 Å². The summed E-state index contributed by atoms with van der Waals surface area (Å²) < 4.78 is 5.29. The van der Waals surface area contributed by atoms with Gasteiger partial charge in [-0.2, -0.15) is 0 Å². The molecule has 34 heavy (non-hydrogen) atoms. The Kier molecular flexibility index (Phi) is 8.26. The van der Waals surface area contributed by atoms with E-state index in [0.29, 0.717) is 5.92 Å². The highest BCUT2D eigenvalue weighted by Crippen LogP contribution is 2.41. The molecule has 2 N–H and O–H groups in total. The third kappa shape index (κ3) is 6.97. The Labute approximate surface area is 204 Å². The number of aryl methyl sites for hydroxylation is 2. The van der Waals surface area contributed by atoms with Crippen molar-refractivity contribution < 1.29 is 19.1 Å². The lowest BCUT2D eigenvalue weighted by Crippen LogP contribution is -2.51. The van der Waals surface area contributed by atoms with Crippen LogP contribution in [-0.4, -0.2) is 47.0 Å². The molecule has 0 heterocycles. The molecule has 3 atom stereocenters. The maximum absolute atomic E-state index is 13.8. The summed E-state index contributed by atoms with van der Waals surface area (Å²) in [5.74, 6) is -0.101. The standard InChI is InChI=1S/C27H41N3O4/c1-17-12-13-18(2)21(14-17)24(25(32)29-20-10-8-7-9-11-20)30(22-15-19(22)3)23(31)16-28-26(33)34-27(4,5)6/h12-14,19-20,22,24H,7-11,15-16H2,1-6H3,(H,28,33)(H,29,32). The first kappa shape index (κ1) is 26.0. The number of nitrogens with one attached hydrogen (secondary N) is 2. The van der Waals surface area contributed by atoms with E-state index >= 15 is 0 Å². The highest BCUT2D eigenvalue weighted by atomic mass is 16.6. The molecule has 1 aromatic carbocycles. The predicted octanol–water partition coefficient (Wildman–Crippen LogP) is 4.56. The molecule has 2 saturated carbocycles. The highest BCUT2D eigenvalue weighted by molar-refractivity contribution is 5.91. The number of alkyl carbamates (subject to hydrolysis) is 1. The second kappa shape index (κ2) is 10.8. The minimum absolute atomic E-state index is 0.0324. The fourth-order valence-corrected chi connectivity index (χ4v) is 4.76. The Morgan fingerprint density at radius 2 is 1.76 bits per heavy atom. The number of hydrogen-bond donors (Lipinski definition) is 2. The molecule has 2 fully saturated rings. The quantitative estimate of drug-likeness (QED) is 0.610. The van der Waals surface area contributed by atoms with Crippen LogP contribution < -0.4 is 10.6 Å². The number of nitrogens with zero attached hydrogens (tertiary/aromatic N) is 1. The summed E-state index contributed by atoms with van der Waals surface area (Å²) in [5, 5.41) is 5.83. The third-order valence-electron chi connectivity index (χ3n) is 6.70. The third-order valence-corrected chi connectivity index (χ3v) is 6.70. The summed E-state index contributed by atoms with van der Waals surface area (Å²) in [6.45, 7) is 11.2. The molecule has 2 aliphatic carbocycles. The van der Waals surface area contributed by atoms with Crippen LogP contribution in [0.1, 0.15) is 89.0 Å². The average Bonchev–Trinajstić information content (AvgIpc) is 3.47. The molecule has 0 aliphatic heterocycles. The van der Waals surface area contributed by atoms with Gasteiger partial charge in [0.15, 0.2) is 0 Å². The Morgan fingerprint density at radius 3 is 2.35 bits per heavy atom. The van der Waals surface area contributed by atoms with Gasteiger partial charge in [0, 0.05) is 12.1 Å². The van der Waals surface area contributed by atoms with Crippen LogP contribution in [0.2, 0.25) is 0 Å². The zero-order chi connectivity index (χ0) is 25.0. The predicted molar refractivity (Wildman–Crippen MR) is 132 cm³/mol. The van der Waals surface area contributed by atoms with Crippen molar-refractivity contribution in [2.45, 2.75) is 104 Å². The van der Waals surface area contributed by atoms with Crippen LogP contribution in [0.4, 0.5) is 4.79 Å². The number of amides is 3. The number of carbonyl (C=O) groups excluding carboxylic acids is 3. The fraction of sp³-hybridized carbons (Fsp3) is 0.667. The first-order valence-electron chi connectivity index (χ1n) is 12.6. The van der Waals surface area contributed by atoms with E-state index < -0.39 is 17.7 Å². The van der Waals surface area contributed by atoms with Gasteiger partial charge in [-0.1, -0.05) is 49.9 Å². The van der Waals surface area contributed by atoms with Crippen LogP contribution >= 0.6 is 0 Å². The van der Waals surface area contributed by atoms with Gasteiger partial charge in [-0.25, -0.2) is 4.79 Å². The first-order chi connectivity index (χ1) is 16.0. The molecular formula is C27H41N3O4. The number of benzene rings is 1. The summed E-state index contributed by atoms with van der Waals surface area (Å²) in [6.07, 6.45) is 5.57. The van der Waals surface area contributed by atoms with E-state index in [0.717, 1.165) is 48.8 Å². The fourth-order valence-electron chi connectivity index (χ4n) is 4.76. The zero-order valence-electron chi connectivity index (χ0n) is 21.6. The molecule has 2 aliphatic rings. The van der Waals surface area contributed by atoms with Gasteiger partial charge in [-0.05, 0) is 70.9 Å². The zero-order valence-corrected chi connectivity index (χ0v) is 21.6. The van der Waals surface area contributed by atoms with E-state index in [-0.39, 0.29) is 30.4 Å². The number of rotatable bonds is 7. The molecule has 0 saturated heterocycles. The lowest BCUT2D eigenvalue weighted by atomic mass is 9.93. The monoisotopic (exact) mass is 471 g/mol. The van der Waals surface area contributed by atoms with Crippen LogP contribution in [0.5, 0.6) is 0 Å². The van der Waals surface area contributed by atoms with Gasteiger partial charge < -0.3 is 20.3 Å². The van der Waals surface area contributed by atoms with Gasteiger partial charge in [0.25, 0.3) is 0 Å². The Morgan fingerprint density at radius 1 is 1.12 bits per heavy atom. The van der Waals surface area contributed by atoms with E-state index in [1.54, 1.807) is 25.7 Å². The largest absolute Gasteiger partial charge is 0.444 e. The van der Waals surface area contributed by atoms with Gasteiger partial charge >= 0.3 is 6.09 Å². The smallest absolute Gasteiger partial charge is 0.408 e. The molecular weight excluding hydrogens is 430 g/mol. The molecule has 3 amide bonds. The van der Waals surface area contributed by atoms with Gasteiger partial charge in [0.05, 0.1) is 0 Å². The average molecular weight is 472 g/mol. The van der Waals surface area contributed by atoms with E-state index in [1.807, 2.05) is 32.0 Å². The van der Waals surface area contributed by atoms with Gasteiger partial charge in [-0.15, -0.1) is 0 Å². The van der Waals surface area contributed by atoms with E-state index in [2.05, 4.69) is 17.6 Å². The summed E-state index contributed by atoms with van der Waals surface area (Å²) in [7, 11) is 0. The van der Waals surface area contributed by atoms with E-state index in [9.17, 15) is 14.4 Å². The molecule has 3 unspecified atom stereocenters. The van der Waals surface area contributed by atoms with Crippen molar-refractivity contribution in [3.05, 3.63) is 34.9 Å². The second-order valence-electron chi connectivity index (χ2n) is 11.0. The summed E-state index contributed by atoms with van der Waals surface area (Å²) >= 11 is 0. The molecule has 0 radical (unpaired) electrons. The maximum atomic E-state index is 13.8. The lowest BCUT2D eigenvalue weighted by molar-refractivity contribution is -0.141. The first-order valence-corrected chi connectivity index (χ1v) is 12.6. The summed E-state index contributed by atoms with van der Waals surface area (Å²) in [6, 6.07) is 5.41. The van der Waals surface area contributed by atoms with Gasteiger partial charge in [-0.3, -0.25) is 9.59 Å². The van der Waals surface area contributed by atoms with Crippen LogP contribution in [0, 0.1) is 19.8 Å². The van der Waals surface area contributed by atoms with Crippen molar-refractivity contribution in [2.24, 2.45) is 5.92 Å². The van der Waals surface area contributed by atoms with Crippen LogP contribution in [0.25, 0.3) is 0 Å². The molecule has 7 nitrogen and oxygen atoms in total. The molecule has 3 rings (SSSR count). The van der Waals surface area contributed by atoms with Crippen LogP contribution in [0.15, 0.2) is 18.2 Å². The normalized spacial score (nSPS) is 21.4. The highest BCUT2D eigenvalue weighted by Gasteiger charge is 2.46. The summed E-state index contributed by atoms with van der Waals surface area (Å²) in [5.41, 5.74) is 2.21. The lowest BCUT2D eigenvalue weighted by Gasteiger charge is -2.35. The van der Waals surface area contributed by atoms with Crippen molar-refractivity contribution in [3.8, 4) is 0 Å². The van der Waals surface area contributed by atoms with Gasteiger partial charge in [0.2, 0.25) is 11.8 Å². The number of carbonyl (C=O) groups is 3. The maximum Gasteiger partial charge on any atom is 0.408 e. The molecule has 188 valence electrons. The van der Waals surface area contributed by atoms with Crippen LogP contribution in [-0.2, 0) is 14.3 Å². The molecule has 0 aromatic heterocycles. The number of ether oxygens (including phenoxy) is 1. The summed E-state index contributed by atoms with van der Waals surface area (Å²) in [4.78, 5) is 41.2. The second-order valence-corrected chi connectivity index (χ2v) is 11.0. The minimum Gasteiger partial charge on any atom is -0.444 e. The number of hydrogen-bond acceptors (Lipinski definition) is 4. The molecule has 1 aromatic rings. The molecule has 0 spiro atoms.